The molecule has 1 aliphatic carbocycles. The minimum atomic E-state index is -0.0413. The Hall–Kier alpha value is -6.84. The maximum absolute atomic E-state index is 2.67. The molecule has 0 bridgehead atoms. The average molecular weight is 779 g/mol. The van der Waals surface area contributed by atoms with Gasteiger partial charge in [0.05, 0.1) is 16.6 Å². The highest BCUT2D eigenvalue weighted by molar-refractivity contribution is 7.00. The van der Waals surface area contributed by atoms with Crippen LogP contribution in [0.2, 0.25) is 0 Å². The van der Waals surface area contributed by atoms with Crippen molar-refractivity contribution in [2.45, 2.75) is 52.4 Å². The van der Waals surface area contributed by atoms with E-state index in [0.717, 1.165) is 0 Å². The van der Waals surface area contributed by atoms with E-state index in [4.69, 9.17) is 0 Å². The Balaban J connectivity index is 1.22. The van der Waals surface area contributed by atoms with Crippen molar-refractivity contribution in [1.29, 1.82) is 0 Å². The lowest BCUT2D eigenvalue weighted by Crippen LogP contribution is -2.59. The van der Waals surface area contributed by atoms with Crippen molar-refractivity contribution in [3.63, 3.8) is 0 Å². The first-order chi connectivity index (χ1) is 29.5. The summed E-state index contributed by atoms with van der Waals surface area (Å²) in [5.74, 6) is 0. The van der Waals surface area contributed by atoms with Crippen LogP contribution in [0.5, 0.6) is 0 Å². The minimum Gasteiger partial charge on any atom is -0.310 e. The molecule has 3 heteroatoms. The molecular formula is C58H43BN2. The van der Waals surface area contributed by atoms with Crippen LogP contribution in [0.25, 0.3) is 110 Å². The molecule has 288 valence electrons. The first-order valence-electron chi connectivity index (χ1n) is 22.0. The highest BCUT2D eigenvalue weighted by Crippen LogP contribution is 2.51. The predicted octanol–water partition coefficient (Wildman–Crippen LogP) is 13.2. The Kier molecular flexibility index (Phi) is 6.18. The molecule has 2 aromatic heterocycles. The van der Waals surface area contributed by atoms with Gasteiger partial charge in [0.1, 0.15) is 0 Å². The number of benzene rings is 9. The molecule has 4 heterocycles. The number of aromatic nitrogens is 2. The van der Waals surface area contributed by atoms with Crippen molar-refractivity contribution in [1.82, 2.24) is 9.13 Å². The monoisotopic (exact) mass is 778 g/mol. The van der Waals surface area contributed by atoms with Gasteiger partial charge in [0.15, 0.2) is 0 Å². The molecule has 0 N–H and O–H groups in total. The van der Waals surface area contributed by atoms with E-state index < -0.39 is 0 Å². The molecule has 14 rings (SSSR count). The van der Waals surface area contributed by atoms with Gasteiger partial charge in [0.25, 0.3) is 6.71 Å². The van der Waals surface area contributed by atoms with Crippen molar-refractivity contribution in [2.24, 2.45) is 0 Å². The minimum absolute atomic E-state index is 0.0232. The summed E-state index contributed by atoms with van der Waals surface area (Å²) >= 11 is 0. The summed E-state index contributed by atoms with van der Waals surface area (Å²) < 4.78 is 5.32. The molecule has 0 saturated heterocycles. The zero-order valence-electron chi connectivity index (χ0n) is 35.4. The summed E-state index contributed by atoms with van der Waals surface area (Å²) in [4.78, 5) is 0. The molecule has 2 aliphatic heterocycles. The van der Waals surface area contributed by atoms with Crippen molar-refractivity contribution in [3.05, 3.63) is 163 Å². The number of nitrogens with zero attached hydrogens (tertiary/aromatic N) is 2. The fourth-order valence-corrected chi connectivity index (χ4v) is 11.8. The molecule has 11 aromatic rings. The molecule has 0 fully saturated rings. The molecule has 0 radical (unpaired) electrons. The van der Waals surface area contributed by atoms with Gasteiger partial charge in [-0.15, -0.1) is 0 Å². The van der Waals surface area contributed by atoms with Crippen molar-refractivity contribution in [3.8, 4) is 44.8 Å². The lowest BCUT2D eigenvalue weighted by Gasteiger charge is -2.35. The van der Waals surface area contributed by atoms with Crippen LogP contribution >= 0.6 is 0 Å². The van der Waals surface area contributed by atoms with Gasteiger partial charge in [-0.05, 0) is 136 Å². The summed E-state index contributed by atoms with van der Waals surface area (Å²) in [7, 11) is 0. The number of hydrogen-bond acceptors (Lipinski definition) is 0. The number of rotatable bonds is 1. The normalized spacial score (nSPS) is 13.7. The van der Waals surface area contributed by atoms with Crippen molar-refractivity contribution < 1.29 is 0 Å². The van der Waals surface area contributed by atoms with Gasteiger partial charge in [-0.1, -0.05) is 151 Å². The summed E-state index contributed by atoms with van der Waals surface area (Å²) in [5.41, 5.74) is 22.5. The highest BCUT2D eigenvalue weighted by atomic mass is 15.0. The van der Waals surface area contributed by atoms with Gasteiger partial charge >= 0.3 is 0 Å². The third kappa shape index (κ3) is 4.24. The van der Waals surface area contributed by atoms with Crippen LogP contribution in [0.4, 0.5) is 0 Å². The maximum Gasteiger partial charge on any atom is 0.252 e. The van der Waals surface area contributed by atoms with Crippen LogP contribution in [0.1, 0.15) is 52.7 Å². The first kappa shape index (κ1) is 33.9. The second-order valence-corrected chi connectivity index (χ2v) is 20.1. The van der Waals surface area contributed by atoms with Crippen LogP contribution in [0.15, 0.2) is 152 Å². The van der Waals surface area contributed by atoms with E-state index in [1.165, 1.54) is 137 Å². The molecule has 0 saturated carbocycles. The van der Waals surface area contributed by atoms with Crippen molar-refractivity contribution >= 4 is 88.3 Å². The lowest BCUT2D eigenvalue weighted by atomic mass is 9.34. The molecule has 0 atom stereocenters. The van der Waals surface area contributed by atoms with E-state index in [1.54, 1.807) is 0 Å². The Bertz CT molecular complexity index is 3840. The third-order valence-corrected chi connectivity index (χ3v) is 14.7. The van der Waals surface area contributed by atoms with Gasteiger partial charge < -0.3 is 9.13 Å². The molecule has 0 amide bonds. The summed E-state index contributed by atoms with van der Waals surface area (Å²) in [6, 6.07) is 58.9. The molecule has 9 aromatic carbocycles. The molecule has 0 spiro atoms. The standard InChI is InChI=1S/C58H43BN2/c1-57(2,3)37-23-24-47-43(29-37)44-30-38(58(4,5)6)31-46-55(44)60(47)49-27-36(34-22-21-32-13-7-8-14-33(32)25-34)28-50-54(49)59(46)45-26-35-15-11-18-41-39-16-9-10-17-40(39)42-19-12-20-48-52(42)53(51(35)41)56(45)61(48)50/h7-31H,1-6H3. The Morgan fingerprint density at radius 3 is 1.77 bits per heavy atom. The largest absolute Gasteiger partial charge is 0.310 e. The predicted molar refractivity (Wildman–Crippen MR) is 262 cm³/mol. The van der Waals surface area contributed by atoms with E-state index >= 15 is 0 Å². The van der Waals surface area contributed by atoms with E-state index in [9.17, 15) is 0 Å². The zero-order valence-corrected chi connectivity index (χ0v) is 35.4. The molecule has 3 aliphatic rings. The van der Waals surface area contributed by atoms with Crippen LogP contribution in [0, 0.1) is 0 Å². The van der Waals surface area contributed by atoms with Gasteiger partial charge in [0, 0.05) is 38.4 Å². The molecule has 2 nitrogen and oxygen atoms in total. The second-order valence-electron chi connectivity index (χ2n) is 20.1. The van der Waals surface area contributed by atoms with Crippen LogP contribution in [-0.2, 0) is 10.8 Å². The SMILES string of the molecule is CC(C)(C)c1ccc2c(c1)c1cc(C(C)(C)C)cc3c1n2-c1cc(-c2ccc4ccccc4c2)cc2c1B3c1cc3cccc4c3c3c5c(cccc5n-2c13)-c1ccccc1-4. The Labute approximate surface area is 355 Å². The fraction of sp³-hybridized carbons (Fsp3) is 0.138. The second kappa shape index (κ2) is 11.1. The number of fused-ring (bicyclic) bond motifs is 12. The Morgan fingerprint density at radius 2 is 1.02 bits per heavy atom. The van der Waals surface area contributed by atoms with E-state index in [-0.39, 0.29) is 17.5 Å². The van der Waals surface area contributed by atoms with Gasteiger partial charge in [-0.3, -0.25) is 0 Å². The van der Waals surface area contributed by atoms with Crippen LogP contribution < -0.4 is 16.4 Å². The van der Waals surface area contributed by atoms with E-state index in [2.05, 4.69) is 202 Å². The molecule has 0 unspecified atom stereocenters. The summed E-state index contributed by atoms with van der Waals surface area (Å²) in [6.07, 6.45) is 0. The zero-order chi connectivity index (χ0) is 40.8. The number of hydrogen-bond donors (Lipinski definition) is 0. The summed E-state index contributed by atoms with van der Waals surface area (Å²) in [5, 5.41) is 10.6. The van der Waals surface area contributed by atoms with Crippen LogP contribution in [-0.4, -0.2) is 15.8 Å². The third-order valence-electron chi connectivity index (χ3n) is 14.7. The summed E-state index contributed by atoms with van der Waals surface area (Å²) in [6.45, 7) is 14.2. The van der Waals surface area contributed by atoms with Gasteiger partial charge in [-0.2, -0.15) is 0 Å². The average Bonchev–Trinajstić information content (AvgIpc) is 3.75. The Morgan fingerprint density at radius 1 is 0.393 bits per heavy atom. The van der Waals surface area contributed by atoms with Crippen LogP contribution in [0.3, 0.4) is 0 Å². The van der Waals surface area contributed by atoms with Crippen molar-refractivity contribution in [2.75, 3.05) is 0 Å². The highest BCUT2D eigenvalue weighted by Gasteiger charge is 2.43. The molecule has 61 heavy (non-hydrogen) atoms. The maximum atomic E-state index is 2.67. The van der Waals surface area contributed by atoms with E-state index in [1.807, 2.05) is 0 Å². The van der Waals surface area contributed by atoms with Gasteiger partial charge in [-0.25, -0.2) is 0 Å². The first-order valence-corrected chi connectivity index (χ1v) is 22.0. The molecular weight excluding hydrogens is 735 g/mol. The lowest BCUT2D eigenvalue weighted by molar-refractivity contribution is 0.590. The smallest absolute Gasteiger partial charge is 0.252 e. The quantitative estimate of drug-likeness (QED) is 0.147. The van der Waals surface area contributed by atoms with E-state index in [0.29, 0.717) is 0 Å². The van der Waals surface area contributed by atoms with Gasteiger partial charge in [0.2, 0.25) is 0 Å². The topological polar surface area (TPSA) is 9.86 Å². The fourth-order valence-electron chi connectivity index (χ4n) is 11.8.